The number of nitrogens with two attached hydrogens (primary N) is 1. The highest BCUT2D eigenvalue weighted by Crippen LogP contribution is 2.27. The van der Waals surface area contributed by atoms with E-state index >= 15 is 0 Å². The summed E-state index contributed by atoms with van der Waals surface area (Å²) in [6.45, 7) is 1.52. The fourth-order valence-electron chi connectivity index (χ4n) is 1.75. The second kappa shape index (κ2) is 6.57. The molecule has 0 aliphatic rings. The Morgan fingerprint density at radius 3 is 2.40 bits per heavy atom. The van der Waals surface area contributed by atoms with Gasteiger partial charge in [-0.15, -0.1) is 11.8 Å². The number of rotatable bonds is 4. The summed E-state index contributed by atoms with van der Waals surface area (Å²) in [7, 11) is 0. The van der Waals surface area contributed by atoms with Crippen LogP contribution in [0.1, 0.15) is 17.2 Å². The first-order valence-electron chi connectivity index (χ1n) is 6.07. The molecule has 1 nitrogen and oxygen atoms in total. The summed E-state index contributed by atoms with van der Waals surface area (Å²) in [5, 5.41) is 0.658. The van der Waals surface area contributed by atoms with Crippen LogP contribution in [0.2, 0.25) is 5.02 Å². The maximum atomic E-state index is 13.8. The maximum Gasteiger partial charge on any atom is 0.163 e. The molecular formula is C15H14ClF2NS. The van der Waals surface area contributed by atoms with E-state index in [1.54, 1.807) is 24.3 Å². The van der Waals surface area contributed by atoms with Crippen LogP contribution in [0, 0.1) is 18.6 Å². The third kappa shape index (κ3) is 3.51. The highest BCUT2D eigenvalue weighted by molar-refractivity contribution is 7.99. The summed E-state index contributed by atoms with van der Waals surface area (Å²) >= 11 is 7.28. The second-order valence-electron chi connectivity index (χ2n) is 4.47. The van der Waals surface area contributed by atoms with Crippen LogP contribution in [0.5, 0.6) is 0 Å². The molecule has 5 heteroatoms. The van der Waals surface area contributed by atoms with Gasteiger partial charge in [0.25, 0.3) is 0 Å². The Balaban J connectivity index is 2.07. The summed E-state index contributed by atoms with van der Waals surface area (Å²) in [4.78, 5) is 0.984. The Labute approximate surface area is 126 Å². The van der Waals surface area contributed by atoms with Gasteiger partial charge in [-0.1, -0.05) is 23.7 Å². The van der Waals surface area contributed by atoms with E-state index < -0.39 is 17.7 Å². The highest BCUT2D eigenvalue weighted by Gasteiger charge is 2.16. The van der Waals surface area contributed by atoms with Crippen LogP contribution in [0.25, 0.3) is 0 Å². The van der Waals surface area contributed by atoms with Crippen molar-refractivity contribution in [1.29, 1.82) is 0 Å². The summed E-state index contributed by atoms with van der Waals surface area (Å²) in [6, 6.07) is 9.81. The lowest BCUT2D eigenvalue weighted by Gasteiger charge is -2.14. The molecule has 20 heavy (non-hydrogen) atoms. The predicted octanol–water partition coefficient (Wildman–Crippen LogP) is 4.72. The standard InChI is InChI=1S/C15H14ClF2NS/c1-9-2-7-12(15(18)14(9)17)13(19)8-20-11-5-3-10(16)4-6-11/h2-7,13H,8,19H2,1H3. The number of thioether (sulfide) groups is 1. The second-order valence-corrected chi connectivity index (χ2v) is 6.00. The lowest BCUT2D eigenvalue weighted by Crippen LogP contribution is -2.15. The van der Waals surface area contributed by atoms with E-state index in [0.717, 1.165) is 4.90 Å². The zero-order chi connectivity index (χ0) is 14.7. The first-order chi connectivity index (χ1) is 9.49. The molecular weight excluding hydrogens is 300 g/mol. The number of hydrogen-bond acceptors (Lipinski definition) is 2. The number of aryl methyl sites for hydroxylation is 1. The van der Waals surface area contributed by atoms with Gasteiger partial charge in [-0.3, -0.25) is 0 Å². The van der Waals surface area contributed by atoms with Gasteiger partial charge in [0.2, 0.25) is 0 Å². The van der Waals surface area contributed by atoms with Crippen molar-refractivity contribution in [1.82, 2.24) is 0 Å². The zero-order valence-corrected chi connectivity index (χ0v) is 12.4. The topological polar surface area (TPSA) is 26.0 Å². The van der Waals surface area contributed by atoms with E-state index in [1.807, 2.05) is 12.1 Å². The highest BCUT2D eigenvalue weighted by atomic mass is 35.5. The molecule has 0 saturated carbocycles. The van der Waals surface area contributed by atoms with E-state index in [9.17, 15) is 8.78 Å². The smallest absolute Gasteiger partial charge is 0.163 e. The molecule has 2 aromatic carbocycles. The Morgan fingerprint density at radius 2 is 1.75 bits per heavy atom. The first-order valence-corrected chi connectivity index (χ1v) is 7.44. The molecule has 2 rings (SSSR count). The number of benzene rings is 2. The van der Waals surface area contributed by atoms with Gasteiger partial charge in [0.15, 0.2) is 11.6 Å². The molecule has 0 amide bonds. The van der Waals surface area contributed by atoms with Gasteiger partial charge in [0.1, 0.15) is 0 Å². The molecule has 0 fully saturated rings. The molecule has 0 aliphatic carbocycles. The molecule has 0 bridgehead atoms. The molecule has 0 spiro atoms. The summed E-state index contributed by atoms with van der Waals surface area (Å²) in [5.74, 6) is -1.22. The molecule has 0 heterocycles. The van der Waals surface area contributed by atoms with E-state index in [4.69, 9.17) is 17.3 Å². The SMILES string of the molecule is Cc1ccc(C(N)CSc2ccc(Cl)cc2)c(F)c1F. The maximum absolute atomic E-state index is 13.8. The van der Waals surface area contributed by atoms with E-state index in [2.05, 4.69) is 0 Å². The van der Waals surface area contributed by atoms with Crippen LogP contribution in [0.4, 0.5) is 8.78 Å². The molecule has 0 radical (unpaired) electrons. The Morgan fingerprint density at radius 1 is 1.10 bits per heavy atom. The Hall–Kier alpha value is -1.10. The minimum atomic E-state index is -0.853. The van der Waals surface area contributed by atoms with Crippen molar-refractivity contribution in [3.63, 3.8) is 0 Å². The Kier molecular flexibility index (Phi) is 5.02. The van der Waals surface area contributed by atoms with Crippen LogP contribution in [0.3, 0.4) is 0 Å². The van der Waals surface area contributed by atoms with Gasteiger partial charge >= 0.3 is 0 Å². The van der Waals surface area contributed by atoms with Gasteiger partial charge in [0, 0.05) is 27.3 Å². The third-order valence-corrected chi connectivity index (χ3v) is 4.33. The third-order valence-electron chi connectivity index (χ3n) is 2.95. The van der Waals surface area contributed by atoms with Crippen LogP contribution in [-0.2, 0) is 0 Å². The average molecular weight is 314 g/mol. The normalized spacial score (nSPS) is 12.4. The van der Waals surface area contributed by atoms with Gasteiger partial charge in [0.05, 0.1) is 0 Å². The monoisotopic (exact) mass is 313 g/mol. The van der Waals surface area contributed by atoms with Crippen molar-refractivity contribution in [2.45, 2.75) is 17.9 Å². The molecule has 1 atom stereocenters. The zero-order valence-electron chi connectivity index (χ0n) is 10.9. The van der Waals surface area contributed by atoms with Crippen molar-refractivity contribution >= 4 is 23.4 Å². The van der Waals surface area contributed by atoms with Crippen molar-refractivity contribution in [3.05, 3.63) is 64.2 Å². The van der Waals surface area contributed by atoms with Crippen LogP contribution in [-0.4, -0.2) is 5.75 Å². The number of hydrogen-bond donors (Lipinski definition) is 1. The van der Waals surface area contributed by atoms with E-state index in [0.29, 0.717) is 10.8 Å². The summed E-state index contributed by atoms with van der Waals surface area (Å²) in [6.07, 6.45) is 0. The number of halogens is 3. The predicted molar refractivity (Wildman–Crippen MR) is 80.2 cm³/mol. The fourth-order valence-corrected chi connectivity index (χ4v) is 2.76. The van der Waals surface area contributed by atoms with Crippen LogP contribution in [0.15, 0.2) is 41.3 Å². The lowest BCUT2D eigenvalue weighted by atomic mass is 10.1. The fraction of sp³-hybridized carbons (Fsp3) is 0.200. The summed E-state index contributed by atoms with van der Waals surface area (Å²) in [5.41, 5.74) is 6.42. The Bertz CT molecular complexity index is 602. The van der Waals surface area contributed by atoms with Gasteiger partial charge in [-0.05, 0) is 36.8 Å². The average Bonchev–Trinajstić information content (AvgIpc) is 2.44. The molecule has 0 aromatic heterocycles. The minimum absolute atomic E-state index is 0.203. The molecule has 1 unspecified atom stereocenters. The minimum Gasteiger partial charge on any atom is -0.323 e. The van der Waals surface area contributed by atoms with Crippen molar-refractivity contribution in [2.24, 2.45) is 5.73 Å². The van der Waals surface area contributed by atoms with Gasteiger partial charge in [-0.25, -0.2) is 8.78 Å². The lowest BCUT2D eigenvalue weighted by molar-refractivity contribution is 0.488. The van der Waals surface area contributed by atoms with Gasteiger partial charge < -0.3 is 5.73 Å². The molecule has 106 valence electrons. The van der Waals surface area contributed by atoms with Crippen molar-refractivity contribution in [3.8, 4) is 0 Å². The molecule has 0 aliphatic heterocycles. The molecule has 2 aromatic rings. The molecule has 2 N–H and O–H groups in total. The van der Waals surface area contributed by atoms with Crippen LogP contribution < -0.4 is 5.73 Å². The molecule has 0 saturated heterocycles. The van der Waals surface area contributed by atoms with Crippen LogP contribution >= 0.6 is 23.4 Å². The van der Waals surface area contributed by atoms with Crippen molar-refractivity contribution in [2.75, 3.05) is 5.75 Å². The van der Waals surface area contributed by atoms with Crippen molar-refractivity contribution < 1.29 is 8.78 Å². The first kappa shape index (κ1) is 15.3. The van der Waals surface area contributed by atoms with E-state index in [-0.39, 0.29) is 11.1 Å². The quantitative estimate of drug-likeness (QED) is 0.827. The summed E-state index contributed by atoms with van der Waals surface area (Å²) < 4.78 is 27.3. The van der Waals surface area contributed by atoms with E-state index in [1.165, 1.54) is 18.7 Å². The van der Waals surface area contributed by atoms with Gasteiger partial charge in [-0.2, -0.15) is 0 Å². The largest absolute Gasteiger partial charge is 0.323 e.